The molecule has 15 nitrogen and oxygen atoms in total. The minimum absolute atomic E-state index is 0.00507. The molecule has 0 heterocycles. The van der Waals surface area contributed by atoms with Gasteiger partial charge in [0.05, 0.1) is 23.7 Å². The molecule has 4 aliphatic carbocycles. The van der Waals surface area contributed by atoms with Crippen LogP contribution < -0.4 is 16.0 Å². The highest BCUT2D eigenvalue weighted by Gasteiger charge is 2.62. The third kappa shape index (κ3) is 9.26. The van der Waals surface area contributed by atoms with Crippen molar-refractivity contribution in [1.82, 2.24) is 25.8 Å². The van der Waals surface area contributed by atoms with Crippen LogP contribution in [0.1, 0.15) is 59.2 Å². The molecule has 10 unspecified atom stereocenters. The smallest absolute Gasteiger partial charge is 0.342 e. The summed E-state index contributed by atoms with van der Waals surface area (Å²) in [7, 11) is 7.75. The van der Waals surface area contributed by atoms with Crippen molar-refractivity contribution in [2.24, 2.45) is 47.3 Å². The molecule has 0 saturated heterocycles. The predicted molar refractivity (Wildman–Crippen MR) is 242 cm³/mol. The predicted octanol–water partition coefficient (Wildman–Crippen LogP) is 4.48. The second-order valence-corrected chi connectivity index (χ2v) is 18.9. The van der Waals surface area contributed by atoms with Crippen molar-refractivity contribution in [1.29, 1.82) is 0 Å². The zero-order valence-electron chi connectivity index (χ0n) is 37.3. The van der Waals surface area contributed by atoms with Crippen LogP contribution in [-0.2, 0) is 28.7 Å². The van der Waals surface area contributed by atoms with E-state index < -0.39 is 71.5 Å². The van der Waals surface area contributed by atoms with Crippen LogP contribution in [-0.4, -0.2) is 122 Å². The standard InChI is InChI=1S/C50H59N5O10/c1-54(2)21-9-19-51-45(58)39-29-23-33(37(25-29)64-49(62)41-31-13-7-5-11-27(31)15-17-35(41)56)43(39)47(60)53-48(61)44-34-24-30(40(44)46(59)52-20-10-22-55(3)4)26-38(34)65-50(63)42-32-14-8-6-12-28(32)16-18-36(42)57/h5-8,11-18,29-30,33-34,37-40,43-44,56-57H,9-10,19-26H2,1-4H3,(H,51,58)(H,52,59)(H,53,60,61). The van der Waals surface area contributed by atoms with Gasteiger partial charge in [0.1, 0.15) is 34.8 Å². The average molecular weight is 890 g/mol. The molecule has 4 aromatic carbocycles. The van der Waals surface area contributed by atoms with Gasteiger partial charge in [-0.25, -0.2) is 9.59 Å². The molecule has 344 valence electrons. The summed E-state index contributed by atoms with van der Waals surface area (Å²) >= 11 is 0. The molecule has 5 N–H and O–H groups in total. The number of benzene rings is 4. The van der Waals surface area contributed by atoms with E-state index in [0.717, 1.165) is 23.9 Å². The van der Waals surface area contributed by atoms with E-state index in [-0.39, 0.29) is 46.3 Å². The van der Waals surface area contributed by atoms with Crippen molar-refractivity contribution in [3.05, 3.63) is 83.9 Å². The molecule has 4 amide bonds. The van der Waals surface area contributed by atoms with Gasteiger partial charge < -0.3 is 40.1 Å². The minimum atomic E-state index is -1.05. The van der Waals surface area contributed by atoms with Crippen LogP contribution in [0, 0.1) is 47.3 Å². The molecule has 8 rings (SSSR count). The van der Waals surface area contributed by atoms with Crippen LogP contribution in [0.3, 0.4) is 0 Å². The number of ether oxygens (including phenoxy) is 2. The summed E-state index contributed by atoms with van der Waals surface area (Å²) in [5, 5.41) is 32.8. The average Bonchev–Trinajstić information content (AvgIpc) is 4.06. The highest BCUT2D eigenvalue weighted by molar-refractivity contribution is 6.08. The number of esters is 2. The van der Waals surface area contributed by atoms with Gasteiger partial charge in [-0.2, -0.15) is 0 Å². The Bertz CT molecular complexity index is 2320. The van der Waals surface area contributed by atoms with Crippen LogP contribution in [0.5, 0.6) is 11.5 Å². The SMILES string of the molecule is CN(C)CCCNC(=O)C1C2CC(OC(=O)c3c(O)ccc4ccccc34)C(C2)C1C(=O)NC(=O)C1C2CC(CC2OC(=O)c2c(O)ccc3ccccc23)C1C(=O)NCCCN(C)C. The van der Waals surface area contributed by atoms with Crippen molar-refractivity contribution in [2.75, 3.05) is 54.4 Å². The van der Waals surface area contributed by atoms with E-state index in [1.54, 1.807) is 36.4 Å². The summed E-state index contributed by atoms with van der Waals surface area (Å²) in [6, 6.07) is 20.5. The van der Waals surface area contributed by atoms with Gasteiger partial charge in [-0.3, -0.25) is 24.5 Å². The van der Waals surface area contributed by atoms with Crippen LogP contribution in [0.4, 0.5) is 0 Å². The summed E-state index contributed by atoms with van der Waals surface area (Å²) in [4.78, 5) is 89.2. The zero-order chi connectivity index (χ0) is 46.1. The fraction of sp³-hybridized carbons (Fsp3) is 0.480. The van der Waals surface area contributed by atoms with Gasteiger partial charge in [0, 0.05) is 24.9 Å². The molecule has 4 bridgehead atoms. The first-order valence-corrected chi connectivity index (χ1v) is 22.7. The lowest BCUT2D eigenvalue weighted by Crippen LogP contribution is -2.53. The number of phenolic OH excluding ortho intramolecular Hbond substituents is 2. The van der Waals surface area contributed by atoms with Gasteiger partial charge in [0.15, 0.2) is 0 Å². The lowest BCUT2D eigenvalue weighted by atomic mass is 9.75. The number of hydrogen-bond donors (Lipinski definition) is 5. The second-order valence-electron chi connectivity index (χ2n) is 18.9. The lowest BCUT2D eigenvalue weighted by molar-refractivity contribution is -0.147. The molecule has 4 aliphatic rings. The zero-order valence-corrected chi connectivity index (χ0v) is 37.3. The van der Waals surface area contributed by atoms with E-state index in [9.17, 15) is 39.0 Å². The molecule has 4 aromatic rings. The van der Waals surface area contributed by atoms with Crippen molar-refractivity contribution in [2.45, 2.75) is 50.7 Å². The molecular weight excluding hydrogens is 831 g/mol. The first-order chi connectivity index (χ1) is 31.2. The van der Waals surface area contributed by atoms with Crippen LogP contribution in [0.15, 0.2) is 72.8 Å². The van der Waals surface area contributed by atoms with Crippen molar-refractivity contribution < 1.29 is 48.5 Å². The maximum atomic E-state index is 14.7. The Balaban J connectivity index is 1.04. The van der Waals surface area contributed by atoms with Crippen LogP contribution >= 0.6 is 0 Å². The maximum Gasteiger partial charge on any atom is 0.342 e. The van der Waals surface area contributed by atoms with Crippen LogP contribution in [0.2, 0.25) is 0 Å². The molecule has 10 atom stereocenters. The normalized spacial score (nSPS) is 26.4. The van der Waals surface area contributed by atoms with Gasteiger partial charge in [0.25, 0.3) is 0 Å². The highest BCUT2D eigenvalue weighted by atomic mass is 16.5. The van der Waals surface area contributed by atoms with Crippen molar-refractivity contribution in [3.8, 4) is 11.5 Å². The Kier molecular flexibility index (Phi) is 13.4. The number of nitrogens with one attached hydrogen (secondary N) is 3. The molecule has 0 spiro atoms. The van der Waals surface area contributed by atoms with Gasteiger partial charge in [0.2, 0.25) is 23.6 Å². The fourth-order valence-corrected chi connectivity index (χ4v) is 11.4. The Hall–Kier alpha value is -6.06. The number of imide groups is 1. The number of hydrogen-bond acceptors (Lipinski definition) is 12. The molecular formula is C50H59N5O10. The van der Waals surface area contributed by atoms with Crippen LogP contribution in [0.25, 0.3) is 21.5 Å². The second kappa shape index (κ2) is 19.2. The monoisotopic (exact) mass is 889 g/mol. The van der Waals surface area contributed by atoms with E-state index in [0.29, 0.717) is 62.4 Å². The molecule has 0 aliphatic heterocycles. The lowest BCUT2D eigenvalue weighted by Gasteiger charge is -2.36. The summed E-state index contributed by atoms with van der Waals surface area (Å²) in [6.07, 6.45) is 1.21. The van der Waals surface area contributed by atoms with Gasteiger partial charge in [-0.05, 0) is 125 Å². The van der Waals surface area contributed by atoms with Gasteiger partial charge >= 0.3 is 11.9 Å². The van der Waals surface area contributed by atoms with Crippen molar-refractivity contribution in [3.63, 3.8) is 0 Å². The molecule has 65 heavy (non-hydrogen) atoms. The fourth-order valence-electron chi connectivity index (χ4n) is 11.4. The summed E-state index contributed by atoms with van der Waals surface area (Å²) < 4.78 is 12.2. The number of carbonyl (C=O) groups excluding carboxylic acids is 6. The van der Waals surface area contributed by atoms with Gasteiger partial charge in [-0.1, -0.05) is 60.7 Å². The molecule has 4 saturated carbocycles. The Morgan fingerprint density at radius 3 is 1.34 bits per heavy atom. The number of nitrogens with zero attached hydrogens (tertiary/aromatic N) is 2. The van der Waals surface area contributed by atoms with Crippen molar-refractivity contribution >= 4 is 57.1 Å². The third-order valence-electron chi connectivity index (χ3n) is 14.2. The van der Waals surface area contributed by atoms with E-state index in [1.165, 1.54) is 12.1 Å². The summed E-state index contributed by atoms with van der Waals surface area (Å²) in [5.74, 6) is -9.69. The third-order valence-corrected chi connectivity index (χ3v) is 14.2. The Labute approximate surface area is 378 Å². The number of carbonyl (C=O) groups is 6. The summed E-state index contributed by atoms with van der Waals surface area (Å²) in [6.45, 7) is 2.23. The number of amides is 4. The molecule has 4 fully saturated rings. The minimum Gasteiger partial charge on any atom is -0.507 e. The Morgan fingerprint density at radius 1 is 0.538 bits per heavy atom. The van der Waals surface area contributed by atoms with E-state index in [1.807, 2.05) is 62.3 Å². The number of rotatable bonds is 16. The van der Waals surface area contributed by atoms with E-state index in [4.69, 9.17) is 9.47 Å². The number of aromatic hydroxyl groups is 2. The number of fused-ring (bicyclic) bond motifs is 6. The molecule has 0 aromatic heterocycles. The first kappa shape index (κ1) is 45.5. The van der Waals surface area contributed by atoms with Gasteiger partial charge in [-0.15, -0.1) is 0 Å². The molecule has 0 radical (unpaired) electrons. The largest absolute Gasteiger partial charge is 0.507 e. The van der Waals surface area contributed by atoms with E-state index >= 15 is 0 Å². The number of phenols is 2. The maximum absolute atomic E-state index is 14.7. The summed E-state index contributed by atoms with van der Waals surface area (Å²) in [5.41, 5.74) is 0.0101. The quantitative estimate of drug-likeness (QED) is 0.0601. The highest BCUT2D eigenvalue weighted by Crippen LogP contribution is 2.56. The molecule has 15 heteroatoms. The first-order valence-electron chi connectivity index (χ1n) is 22.7. The topological polar surface area (TPSA) is 204 Å². The Morgan fingerprint density at radius 2 is 0.938 bits per heavy atom. The van der Waals surface area contributed by atoms with E-state index in [2.05, 4.69) is 16.0 Å².